The highest BCUT2D eigenvalue weighted by molar-refractivity contribution is 7.99. The van der Waals surface area contributed by atoms with Gasteiger partial charge >= 0.3 is 5.97 Å². The number of aromatic carboxylic acids is 1. The number of amides is 1. The highest BCUT2D eigenvalue weighted by Crippen LogP contribution is 2.43. The summed E-state index contributed by atoms with van der Waals surface area (Å²) in [6.07, 6.45) is -1.55. The van der Waals surface area contributed by atoms with Crippen molar-refractivity contribution >= 4 is 23.6 Å². The Balaban J connectivity index is 1.31. The number of hydrogen-bond donors (Lipinski definition) is 3. The summed E-state index contributed by atoms with van der Waals surface area (Å²) in [5, 5.41) is 20.8. The third-order valence-corrected chi connectivity index (χ3v) is 8.88. The second kappa shape index (κ2) is 14.6. The third-order valence-electron chi connectivity index (χ3n) is 7.78. The molecule has 7 nitrogen and oxygen atoms in total. The molecule has 1 aliphatic heterocycles. The molecule has 4 aromatic carbocycles. The second-order valence-electron chi connectivity index (χ2n) is 10.8. The van der Waals surface area contributed by atoms with Crippen LogP contribution in [-0.2, 0) is 22.6 Å². The number of carbonyl (C=O) groups is 2. The fraction of sp³-hybridized carbons (Fsp3) is 0.235. The molecule has 0 aromatic heterocycles. The minimum atomic E-state index is -2.35. The van der Waals surface area contributed by atoms with Crippen molar-refractivity contribution in [1.29, 1.82) is 0 Å². The first-order valence-electron chi connectivity index (χ1n) is 14.3. The van der Waals surface area contributed by atoms with E-state index in [1.807, 2.05) is 19.1 Å². The summed E-state index contributed by atoms with van der Waals surface area (Å²) in [6.45, 7) is 1.61. The summed E-state index contributed by atoms with van der Waals surface area (Å²) in [5.74, 6) is -13.3. The topological polar surface area (TPSA) is 105 Å². The molecule has 0 radical (unpaired) electrons. The van der Waals surface area contributed by atoms with Crippen molar-refractivity contribution in [3.8, 4) is 0 Å². The van der Waals surface area contributed by atoms with Crippen LogP contribution in [-0.4, -0.2) is 33.9 Å². The molecule has 1 heterocycles. The molecule has 47 heavy (non-hydrogen) atoms. The van der Waals surface area contributed by atoms with Gasteiger partial charge in [-0.3, -0.25) is 4.79 Å². The number of carboxylic acids is 1. The summed E-state index contributed by atoms with van der Waals surface area (Å²) in [7, 11) is 0. The van der Waals surface area contributed by atoms with Gasteiger partial charge in [0.25, 0.3) is 5.91 Å². The minimum Gasteiger partial charge on any atom is -0.478 e. The number of thioether (sulfide) groups is 1. The molecule has 0 spiro atoms. The van der Waals surface area contributed by atoms with Crippen molar-refractivity contribution in [3.63, 3.8) is 0 Å². The van der Waals surface area contributed by atoms with Crippen molar-refractivity contribution < 1.29 is 51.2 Å². The first kappa shape index (κ1) is 34.0. The SMILES string of the molecule is CC1C(CSc2ccc(C(=O)O)cc2)OC(c2ccc(CNC(=O)c3c(F)c(F)c(F)c(F)c3F)cc2)OC1c1ccc(CO)cc1. The number of halogens is 5. The van der Waals surface area contributed by atoms with Gasteiger partial charge in [-0.1, -0.05) is 55.5 Å². The lowest BCUT2D eigenvalue weighted by molar-refractivity contribution is -0.268. The van der Waals surface area contributed by atoms with E-state index < -0.39 is 58.9 Å². The first-order chi connectivity index (χ1) is 22.5. The predicted octanol–water partition coefficient (Wildman–Crippen LogP) is 7.09. The van der Waals surface area contributed by atoms with Crippen LogP contribution in [0.15, 0.2) is 77.7 Å². The zero-order chi connectivity index (χ0) is 33.8. The predicted molar refractivity (Wildman–Crippen MR) is 161 cm³/mol. The monoisotopic (exact) mass is 673 g/mol. The Hall–Kier alpha value is -4.30. The summed E-state index contributed by atoms with van der Waals surface area (Å²) in [4.78, 5) is 24.4. The van der Waals surface area contributed by atoms with E-state index in [9.17, 15) is 41.8 Å². The third kappa shape index (κ3) is 7.49. The average Bonchev–Trinajstić information content (AvgIpc) is 3.09. The van der Waals surface area contributed by atoms with E-state index in [2.05, 4.69) is 5.32 Å². The average molecular weight is 674 g/mol. The number of nitrogens with one attached hydrogen (secondary N) is 1. The van der Waals surface area contributed by atoms with Crippen molar-refractivity contribution in [2.24, 2.45) is 5.92 Å². The summed E-state index contributed by atoms with van der Waals surface area (Å²) in [6, 6.07) is 20.4. The number of rotatable bonds is 10. The van der Waals surface area contributed by atoms with E-state index in [1.165, 1.54) is 23.9 Å². The molecular weight excluding hydrogens is 645 g/mol. The molecule has 4 aromatic rings. The van der Waals surface area contributed by atoms with E-state index in [-0.39, 0.29) is 30.7 Å². The summed E-state index contributed by atoms with van der Waals surface area (Å²) >= 11 is 1.50. The van der Waals surface area contributed by atoms with Gasteiger partial charge in [-0.15, -0.1) is 11.8 Å². The number of aliphatic hydroxyl groups excluding tert-OH is 1. The molecule has 246 valence electrons. The Morgan fingerprint density at radius 3 is 1.89 bits per heavy atom. The Morgan fingerprint density at radius 2 is 1.32 bits per heavy atom. The maximum absolute atomic E-state index is 14.0. The number of benzene rings is 4. The highest BCUT2D eigenvalue weighted by Gasteiger charge is 2.38. The standard InChI is InChI=1S/C34H28F5NO6S/c1-17-24(16-47-23-12-10-21(11-13-23)33(43)44)45-34(46-31(17)20-6-4-19(15-41)5-7-20)22-8-2-18(3-9-22)14-40-32(42)25-26(35)28(37)30(39)29(38)27(25)36/h2-13,17,24,31,34,41H,14-16H2,1H3,(H,40,42)(H,43,44). The molecule has 0 bridgehead atoms. The van der Waals surface area contributed by atoms with Crippen molar-refractivity contribution in [2.45, 2.75) is 43.5 Å². The Labute approximate surface area is 270 Å². The fourth-order valence-corrected chi connectivity index (χ4v) is 6.12. The molecule has 0 aliphatic carbocycles. The van der Waals surface area contributed by atoms with Gasteiger partial charge in [0, 0.05) is 28.7 Å². The molecule has 1 saturated heterocycles. The molecule has 4 atom stereocenters. The van der Waals surface area contributed by atoms with Gasteiger partial charge in [0.15, 0.2) is 29.6 Å². The van der Waals surface area contributed by atoms with Crippen LogP contribution in [0.4, 0.5) is 22.0 Å². The number of carbonyl (C=O) groups excluding carboxylic acids is 1. The van der Waals surface area contributed by atoms with E-state index in [1.54, 1.807) is 48.5 Å². The lowest BCUT2D eigenvalue weighted by Crippen LogP contribution is -2.38. The van der Waals surface area contributed by atoms with Crippen LogP contribution in [0.5, 0.6) is 0 Å². The number of ether oxygens (including phenoxy) is 2. The normalized spacial score (nSPS) is 19.4. The first-order valence-corrected chi connectivity index (χ1v) is 15.3. The van der Waals surface area contributed by atoms with Crippen molar-refractivity contribution in [2.75, 3.05) is 5.75 Å². The molecule has 0 saturated carbocycles. The van der Waals surface area contributed by atoms with E-state index in [0.717, 1.165) is 16.0 Å². The largest absolute Gasteiger partial charge is 0.478 e. The molecule has 1 aliphatic rings. The summed E-state index contributed by atoms with van der Waals surface area (Å²) in [5.41, 5.74) is 1.29. The van der Waals surface area contributed by atoms with Gasteiger partial charge in [0.2, 0.25) is 5.82 Å². The lowest BCUT2D eigenvalue weighted by atomic mass is 9.91. The number of aliphatic hydroxyl groups is 1. The molecule has 1 amide bonds. The van der Waals surface area contributed by atoms with Crippen LogP contribution >= 0.6 is 11.8 Å². The van der Waals surface area contributed by atoms with Crippen molar-refractivity contribution in [3.05, 3.63) is 135 Å². The van der Waals surface area contributed by atoms with Crippen LogP contribution in [0.2, 0.25) is 0 Å². The Morgan fingerprint density at radius 1 is 0.766 bits per heavy atom. The second-order valence-corrected chi connectivity index (χ2v) is 11.9. The van der Waals surface area contributed by atoms with Crippen LogP contribution in [0, 0.1) is 35.0 Å². The van der Waals surface area contributed by atoms with Gasteiger partial charge in [-0.05, 0) is 41.0 Å². The van der Waals surface area contributed by atoms with Crippen LogP contribution in [0.3, 0.4) is 0 Å². The molecule has 1 fully saturated rings. The van der Waals surface area contributed by atoms with Crippen LogP contribution < -0.4 is 5.32 Å². The van der Waals surface area contributed by atoms with Gasteiger partial charge in [-0.25, -0.2) is 26.7 Å². The summed E-state index contributed by atoms with van der Waals surface area (Å²) < 4.78 is 81.3. The Kier molecular flexibility index (Phi) is 10.6. The lowest BCUT2D eigenvalue weighted by Gasteiger charge is -2.41. The Bertz CT molecular complexity index is 1730. The van der Waals surface area contributed by atoms with Crippen LogP contribution in [0.25, 0.3) is 0 Å². The van der Waals surface area contributed by atoms with Gasteiger partial charge in [-0.2, -0.15) is 0 Å². The zero-order valence-corrected chi connectivity index (χ0v) is 25.5. The molecule has 13 heteroatoms. The van der Waals surface area contributed by atoms with E-state index in [0.29, 0.717) is 16.9 Å². The van der Waals surface area contributed by atoms with Crippen LogP contribution in [0.1, 0.15) is 62.3 Å². The van der Waals surface area contributed by atoms with Gasteiger partial charge in [0.05, 0.1) is 24.4 Å². The van der Waals surface area contributed by atoms with Gasteiger partial charge in [0.1, 0.15) is 5.56 Å². The maximum atomic E-state index is 14.0. The van der Waals surface area contributed by atoms with Gasteiger partial charge < -0.3 is 25.0 Å². The smallest absolute Gasteiger partial charge is 0.335 e. The molecule has 4 unspecified atom stereocenters. The minimum absolute atomic E-state index is 0.110. The van der Waals surface area contributed by atoms with E-state index in [4.69, 9.17) is 9.47 Å². The maximum Gasteiger partial charge on any atom is 0.335 e. The van der Waals surface area contributed by atoms with Crippen molar-refractivity contribution in [1.82, 2.24) is 5.32 Å². The highest BCUT2D eigenvalue weighted by atomic mass is 32.2. The number of carboxylic acid groups (broad SMARTS) is 1. The fourth-order valence-electron chi connectivity index (χ4n) is 5.05. The molecule has 5 rings (SSSR count). The quantitative estimate of drug-likeness (QED) is 0.0715. The molecular formula is C34H28F5NO6S. The van der Waals surface area contributed by atoms with E-state index >= 15 is 0 Å². The number of hydrogen-bond acceptors (Lipinski definition) is 6. The zero-order valence-electron chi connectivity index (χ0n) is 24.7. The molecule has 3 N–H and O–H groups in total.